The molecular weight excluding hydrogens is 462 g/mol. The van der Waals surface area contributed by atoms with E-state index in [0.29, 0.717) is 15.8 Å². The molecule has 0 N–H and O–H groups in total. The van der Waals surface area contributed by atoms with Crippen molar-refractivity contribution in [1.82, 2.24) is 14.4 Å². The maximum atomic E-state index is 13.2. The van der Waals surface area contributed by atoms with Crippen LogP contribution >= 0.6 is 24.0 Å². The van der Waals surface area contributed by atoms with Crippen LogP contribution in [0.1, 0.15) is 63.0 Å². The lowest BCUT2D eigenvalue weighted by Gasteiger charge is -2.17. The third-order valence-electron chi connectivity index (χ3n) is 7.55. The van der Waals surface area contributed by atoms with E-state index in [1.54, 1.807) is 4.90 Å². The highest BCUT2D eigenvalue weighted by molar-refractivity contribution is 8.26. The Bertz CT molecular complexity index is 1140. The maximum absolute atomic E-state index is 13.2. The van der Waals surface area contributed by atoms with E-state index in [2.05, 4.69) is 29.7 Å². The van der Waals surface area contributed by atoms with Gasteiger partial charge in [-0.25, -0.2) is 0 Å². The van der Waals surface area contributed by atoms with Crippen LogP contribution in [0.25, 0.3) is 17.0 Å². The molecule has 2 aromatic rings. The zero-order valence-corrected chi connectivity index (χ0v) is 21.6. The lowest BCUT2D eigenvalue weighted by molar-refractivity contribution is -0.130. The van der Waals surface area contributed by atoms with Gasteiger partial charge in [0, 0.05) is 36.8 Å². The molecule has 180 valence electrons. The second-order valence-corrected chi connectivity index (χ2v) is 11.4. The fourth-order valence-electron chi connectivity index (χ4n) is 5.65. The molecule has 0 atom stereocenters. The number of nitrogens with zero attached hydrogens (tertiary/aromatic N) is 3. The minimum Gasteiger partial charge on any atom is -0.341 e. The fraction of sp³-hybridized carbons (Fsp3) is 0.519. The van der Waals surface area contributed by atoms with Gasteiger partial charge < -0.3 is 9.47 Å². The van der Waals surface area contributed by atoms with Gasteiger partial charge in [0.15, 0.2) is 0 Å². The van der Waals surface area contributed by atoms with Gasteiger partial charge in [-0.15, -0.1) is 0 Å². The van der Waals surface area contributed by atoms with Gasteiger partial charge in [0.25, 0.3) is 5.91 Å². The van der Waals surface area contributed by atoms with Crippen LogP contribution in [0.4, 0.5) is 0 Å². The molecule has 7 heteroatoms. The van der Waals surface area contributed by atoms with Crippen LogP contribution < -0.4 is 0 Å². The van der Waals surface area contributed by atoms with Crippen LogP contribution in [0, 0.1) is 5.92 Å². The van der Waals surface area contributed by atoms with Gasteiger partial charge in [-0.1, -0.05) is 74.8 Å². The lowest BCUT2D eigenvalue weighted by Crippen LogP contribution is -2.30. The van der Waals surface area contributed by atoms with Crippen molar-refractivity contribution in [3.63, 3.8) is 0 Å². The summed E-state index contributed by atoms with van der Waals surface area (Å²) in [5, 5.41) is 1.09. The van der Waals surface area contributed by atoms with Crippen LogP contribution in [0.5, 0.6) is 0 Å². The van der Waals surface area contributed by atoms with E-state index < -0.39 is 0 Å². The summed E-state index contributed by atoms with van der Waals surface area (Å²) in [7, 11) is 0. The monoisotopic (exact) mass is 495 g/mol. The van der Waals surface area contributed by atoms with Gasteiger partial charge >= 0.3 is 0 Å². The minimum atomic E-state index is 0.0219. The molecule has 1 aliphatic carbocycles. The number of rotatable bonds is 7. The SMILES string of the molecule is CCc1cccc2c(/C=C3\SC(=S)N(CCC4CCCC4)C3=O)cn(CC(=O)N3CCCC3)c12. The molecule has 1 saturated carbocycles. The molecule has 2 aliphatic heterocycles. The molecule has 3 heterocycles. The number of carbonyl (C=O) groups excluding carboxylic acids is 2. The Hall–Kier alpha value is -2.12. The van der Waals surface area contributed by atoms with Gasteiger partial charge in [-0.05, 0) is 43.2 Å². The standard InChI is InChI=1S/C27H33N3O2S2/c1-2-20-10-7-11-22-21(17-29(25(20)22)18-24(31)28-13-5-6-14-28)16-23-26(32)30(27(33)34-23)15-12-19-8-3-4-9-19/h7,10-11,16-17,19H,2-6,8-9,12-15,18H2,1H3/b23-16-. The van der Waals surface area contributed by atoms with Crippen molar-refractivity contribution < 1.29 is 9.59 Å². The molecule has 2 amide bonds. The third-order valence-corrected chi connectivity index (χ3v) is 8.93. The van der Waals surface area contributed by atoms with Crippen molar-refractivity contribution in [3.8, 4) is 0 Å². The van der Waals surface area contributed by atoms with Crippen molar-refractivity contribution in [1.29, 1.82) is 0 Å². The average Bonchev–Trinajstić information content (AvgIpc) is 3.63. The molecule has 2 saturated heterocycles. The average molecular weight is 496 g/mol. The number of amides is 2. The normalized spacial score (nSPS) is 20.6. The number of aryl methyl sites for hydroxylation is 1. The Morgan fingerprint density at radius 2 is 1.94 bits per heavy atom. The van der Waals surface area contributed by atoms with Crippen molar-refractivity contribution in [2.24, 2.45) is 5.92 Å². The molecule has 1 aromatic heterocycles. The summed E-state index contributed by atoms with van der Waals surface area (Å²) < 4.78 is 2.75. The summed E-state index contributed by atoms with van der Waals surface area (Å²) in [4.78, 5) is 30.6. The number of hydrogen-bond acceptors (Lipinski definition) is 4. The Morgan fingerprint density at radius 1 is 1.18 bits per heavy atom. The zero-order valence-electron chi connectivity index (χ0n) is 19.9. The first-order chi connectivity index (χ1) is 16.5. The first-order valence-electron chi connectivity index (χ1n) is 12.7. The van der Waals surface area contributed by atoms with Crippen molar-refractivity contribution in [2.75, 3.05) is 19.6 Å². The van der Waals surface area contributed by atoms with E-state index in [4.69, 9.17) is 12.2 Å². The number of thiocarbonyl (C=S) groups is 1. The first kappa shape index (κ1) is 23.6. The topological polar surface area (TPSA) is 45.6 Å². The quantitative estimate of drug-likeness (QED) is 0.370. The number of likely N-dealkylation sites (tertiary alicyclic amines) is 1. The molecule has 0 spiro atoms. The second-order valence-electron chi connectivity index (χ2n) is 9.74. The molecule has 3 aliphatic rings. The van der Waals surface area contributed by atoms with E-state index in [-0.39, 0.29) is 11.8 Å². The van der Waals surface area contributed by atoms with Crippen LogP contribution in [0.3, 0.4) is 0 Å². The Kier molecular flexibility index (Phi) is 7.11. The zero-order chi connectivity index (χ0) is 23.7. The number of para-hydroxylation sites is 1. The summed E-state index contributed by atoms with van der Waals surface area (Å²) in [6.07, 6.45) is 13.3. The van der Waals surface area contributed by atoms with Crippen molar-refractivity contribution >= 4 is 57.1 Å². The van der Waals surface area contributed by atoms with Crippen molar-refractivity contribution in [3.05, 3.63) is 40.4 Å². The number of aromatic nitrogens is 1. The van der Waals surface area contributed by atoms with E-state index in [1.165, 1.54) is 43.0 Å². The Balaban J connectivity index is 1.42. The number of fused-ring (bicyclic) bond motifs is 1. The molecule has 5 rings (SSSR count). The molecule has 0 bridgehead atoms. The summed E-state index contributed by atoms with van der Waals surface area (Å²) >= 11 is 6.99. The number of hydrogen-bond donors (Lipinski definition) is 0. The van der Waals surface area contributed by atoms with E-state index >= 15 is 0 Å². The molecule has 0 radical (unpaired) electrons. The predicted octanol–water partition coefficient (Wildman–Crippen LogP) is 5.61. The molecule has 34 heavy (non-hydrogen) atoms. The van der Waals surface area contributed by atoms with E-state index in [0.717, 1.165) is 67.7 Å². The van der Waals surface area contributed by atoms with Gasteiger partial charge in [-0.3, -0.25) is 14.5 Å². The van der Waals surface area contributed by atoms with Crippen LogP contribution in [0.15, 0.2) is 29.3 Å². The molecule has 5 nitrogen and oxygen atoms in total. The summed E-state index contributed by atoms with van der Waals surface area (Å²) in [5.74, 6) is 0.922. The molecular formula is C27H33N3O2S2. The highest BCUT2D eigenvalue weighted by Crippen LogP contribution is 2.36. The highest BCUT2D eigenvalue weighted by Gasteiger charge is 2.33. The number of benzene rings is 1. The Labute approximate surface area is 211 Å². The molecule has 3 fully saturated rings. The summed E-state index contributed by atoms with van der Waals surface area (Å²) in [6, 6.07) is 6.29. The fourth-order valence-corrected chi connectivity index (χ4v) is 6.95. The Morgan fingerprint density at radius 3 is 2.68 bits per heavy atom. The van der Waals surface area contributed by atoms with E-state index in [9.17, 15) is 9.59 Å². The van der Waals surface area contributed by atoms with E-state index in [1.807, 2.05) is 17.2 Å². The van der Waals surface area contributed by atoms with Crippen LogP contribution in [-0.4, -0.2) is 50.1 Å². The summed E-state index contributed by atoms with van der Waals surface area (Å²) in [6.45, 7) is 4.91. The molecule has 0 unspecified atom stereocenters. The maximum Gasteiger partial charge on any atom is 0.266 e. The second kappa shape index (κ2) is 10.2. The molecule has 1 aromatic carbocycles. The van der Waals surface area contributed by atoms with Gasteiger partial charge in [0.1, 0.15) is 10.9 Å². The van der Waals surface area contributed by atoms with Gasteiger partial charge in [0.2, 0.25) is 5.91 Å². The highest BCUT2D eigenvalue weighted by atomic mass is 32.2. The number of carbonyl (C=O) groups is 2. The van der Waals surface area contributed by atoms with Gasteiger partial charge in [0.05, 0.1) is 10.4 Å². The van der Waals surface area contributed by atoms with Crippen molar-refractivity contribution in [2.45, 2.75) is 64.8 Å². The first-order valence-corrected chi connectivity index (χ1v) is 13.9. The predicted molar refractivity (Wildman–Crippen MR) is 144 cm³/mol. The lowest BCUT2D eigenvalue weighted by atomic mass is 10.0. The summed E-state index contributed by atoms with van der Waals surface area (Å²) in [5.41, 5.74) is 3.30. The van der Waals surface area contributed by atoms with Gasteiger partial charge in [-0.2, -0.15) is 0 Å². The third kappa shape index (κ3) is 4.69. The largest absolute Gasteiger partial charge is 0.341 e. The smallest absolute Gasteiger partial charge is 0.266 e. The van der Waals surface area contributed by atoms with Crippen LogP contribution in [-0.2, 0) is 22.6 Å². The van der Waals surface area contributed by atoms with Crippen LogP contribution in [0.2, 0.25) is 0 Å². The minimum absolute atomic E-state index is 0.0219. The number of thioether (sulfide) groups is 1.